The van der Waals surface area contributed by atoms with Crippen LogP contribution in [0.15, 0.2) is 67.0 Å². The first kappa shape index (κ1) is 39.1. The van der Waals surface area contributed by atoms with Crippen LogP contribution in [0.2, 0.25) is 0 Å². The lowest BCUT2D eigenvalue weighted by Crippen LogP contribution is -2.35. The van der Waals surface area contributed by atoms with E-state index in [1.807, 2.05) is 45.3 Å². The number of aliphatic hydroxyl groups is 1. The van der Waals surface area contributed by atoms with Crippen LogP contribution in [0.3, 0.4) is 0 Å². The predicted molar refractivity (Wildman–Crippen MR) is 225 cm³/mol. The van der Waals surface area contributed by atoms with E-state index in [-0.39, 0.29) is 18.3 Å². The van der Waals surface area contributed by atoms with Crippen molar-refractivity contribution >= 4 is 38.4 Å². The van der Waals surface area contributed by atoms with Crippen molar-refractivity contribution < 1.29 is 13.9 Å². The van der Waals surface area contributed by atoms with Crippen LogP contribution in [0, 0.1) is 36.8 Å². The van der Waals surface area contributed by atoms with Gasteiger partial charge < -0.3 is 15.3 Å². The van der Waals surface area contributed by atoms with Gasteiger partial charge in [0, 0.05) is 53.0 Å². The molecule has 60 heavy (non-hydrogen) atoms. The molecule has 15 heteroatoms. The van der Waals surface area contributed by atoms with Crippen molar-refractivity contribution in [1.29, 1.82) is 5.26 Å². The zero-order chi connectivity index (χ0) is 41.5. The summed E-state index contributed by atoms with van der Waals surface area (Å²) in [6.45, 7) is 8.42. The molecule has 2 N–H and O–H groups in total. The number of imidazole rings is 1. The van der Waals surface area contributed by atoms with Gasteiger partial charge in [-0.15, -0.1) is 10.2 Å². The zero-order valence-electron chi connectivity index (χ0n) is 33.7. The van der Waals surface area contributed by atoms with E-state index in [0.29, 0.717) is 62.4 Å². The molecule has 0 amide bonds. The molecule has 3 aromatic carbocycles. The number of aromatic nitrogens is 9. The third kappa shape index (κ3) is 7.77. The Morgan fingerprint density at radius 3 is 2.30 bits per heavy atom. The lowest BCUT2D eigenvalue weighted by atomic mass is 9.89. The van der Waals surface area contributed by atoms with Gasteiger partial charge in [-0.25, -0.2) is 18.3 Å². The smallest absolute Gasteiger partial charge is 0.171 e. The second-order valence-corrected chi connectivity index (χ2v) is 15.9. The first-order chi connectivity index (χ1) is 29.1. The van der Waals surface area contributed by atoms with Crippen LogP contribution in [0.4, 0.5) is 8.78 Å². The third-order valence-corrected chi connectivity index (χ3v) is 11.8. The maximum absolute atomic E-state index is 15.1. The molecule has 2 aliphatic heterocycles. The molecule has 0 atom stereocenters. The second-order valence-electron chi connectivity index (χ2n) is 15.9. The van der Waals surface area contributed by atoms with Crippen LogP contribution in [0.5, 0.6) is 0 Å². The van der Waals surface area contributed by atoms with Gasteiger partial charge in [0.2, 0.25) is 0 Å². The number of hydrogen-bond acceptors (Lipinski definition) is 11. The number of piperidine rings is 2. The molecule has 0 aliphatic carbocycles. The van der Waals surface area contributed by atoms with Crippen molar-refractivity contribution in [3.8, 4) is 28.6 Å². The topological polar surface area (TPSA) is 159 Å². The van der Waals surface area contributed by atoms with E-state index < -0.39 is 5.82 Å². The number of nitriles is 1. The van der Waals surface area contributed by atoms with E-state index in [1.54, 1.807) is 45.7 Å². The maximum atomic E-state index is 15.1. The molecule has 13 nitrogen and oxygen atoms in total. The quantitative estimate of drug-likeness (QED) is 0.180. The Kier molecular flexibility index (Phi) is 10.7. The van der Waals surface area contributed by atoms with Crippen LogP contribution >= 0.6 is 0 Å². The van der Waals surface area contributed by atoms with Gasteiger partial charge in [0.1, 0.15) is 17.7 Å². The Labute approximate surface area is 344 Å². The summed E-state index contributed by atoms with van der Waals surface area (Å²) >= 11 is 0. The summed E-state index contributed by atoms with van der Waals surface area (Å²) in [6, 6.07) is 18.3. The van der Waals surface area contributed by atoms with Gasteiger partial charge in [-0.3, -0.25) is 4.68 Å². The number of halogens is 2. The highest BCUT2D eigenvalue weighted by molar-refractivity contribution is 5.89. The van der Waals surface area contributed by atoms with Crippen LogP contribution in [0.25, 0.3) is 60.9 Å². The molecule has 0 radical (unpaired) electrons. The van der Waals surface area contributed by atoms with Gasteiger partial charge in [-0.1, -0.05) is 0 Å². The minimum absolute atomic E-state index is 0.159. The van der Waals surface area contributed by atoms with E-state index in [9.17, 15) is 9.65 Å². The minimum Gasteiger partial charge on any atom is -0.395 e. The number of fused-ring (bicyclic) bond motifs is 4. The number of aliphatic hydroxyl groups excluding tert-OH is 1. The number of β-amino-alcohol motifs (C(OH)–C–C–N with tert-alkyl or cyclic N) is 1. The molecule has 304 valence electrons. The zero-order valence-corrected chi connectivity index (χ0v) is 33.7. The molecule has 5 aromatic heterocycles. The number of nitrogens with one attached hydrogen (secondary N) is 1. The number of likely N-dealkylation sites (tertiary alicyclic amines) is 1. The summed E-state index contributed by atoms with van der Waals surface area (Å²) < 4.78 is 33.4. The van der Waals surface area contributed by atoms with Gasteiger partial charge in [-0.2, -0.15) is 25.7 Å². The molecule has 2 saturated heterocycles. The van der Waals surface area contributed by atoms with Gasteiger partial charge in [0.15, 0.2) is 5.65 Å². The largest absolute Gasteiger partial charge is 0.395 e. The molecule has 0 spiro atoms. The second kappa shape index (κ2) is 16.4. The lowest BCUT2D eigenvalue weighted by molar-refractivity contribution is 0.163. The van der Waals surface area contributed by atoms with Crippen molar-refractivity contribution in [2.45, 2.75) is 51.4 Å². The fraction of sp³-hybridized carbons (Fsp3) is 0.333. The Hall–Kier alpha value is -6.34. The number of benzene rings is 3. The number of hydrogen-bond donors (Lipinski definition) is 2. The fourth-order valence-electron chi connectivity index (χ4n) is 8.61. The molecule has 8 aromatic rings. The number of aryl methyl sites for hydroxylation is 3. The summed E-state index contributed by atoms with van der Waals surface area (Å²) in [6.07, 6.45) is 7.58. The summed E-state index contributed by atoms with van der Waals surface area (Å²) in [5, 5.41) is 50.4. The number of rotatable bonds is 6. The predicted octanol–water partition coefficient (Wildman–Crippen LogP) is 6.93. The highest BCUT2D eigenvalue weighted by atomic mass is 19.1. The van der Waals surface area contributed by atoms with Crippen molar-refractivity contribution in [3.63, 3.8) is 0 Å². The average molecular weight is 807 g/mol. The molecular weight excluding hydrogens is 763 g/mol. The van der Waals surface area contributed by atoms with Crippen LogP contribution in [-0.2, 0) is 7.05 Å². The van der Waals surface area contributed by atoms with Crippen molar-refractivity contribution in [1.82, 2.24) is 55.0 Å². The standard InChI is InChI=1S/C23H22FN7O.C22H22FN5/c1-14-13-31-23(26-14)17(12-25)10-21(29-31)16-8-19(24)18-11-20(27-28-22(18)9-16)15-2-4-30(5-3-15)6-7-32;1-13-7-16(8-17-12-28(2)27-22(13)17)20-11-18-19(23)9-15(10-21(18)26-25-20)14-3-5-24-6-4-14/h8-11,13,15,32H,2-7H2,1H3;7-12,14,24H,3-6H2,1-2H3. The third-order valence-electron chi connectivity index (χ3n) is 11.8. The summed E-state index contributed by atoms with van der Waals surface area (Å²) in [4.78, 5) is 6.54. The molecule has 7 heterocycles. The Morgan fingerprint density at radius 2 is 1.52 bits per heavy atom. The van der Waals surface area contributed by atoms with Crippen LogP contribution < -0.4 is 5.32 Å². The van der Waals surface area contributed by atoms with Crippen molar-refractivity contribution in [2.75, 3.05) is 39.3 Å². The highest BCUT2D eigenvalue weighted by Crippen LogP contribution is 2.33. The number of nitrogens with zero attached hydrogens (tertiary/aromatic N) is 11. The minimum atomic E-state index is -0.395. The molecule has 2 fully saturated rings. The van der Waals surface area contributed by atoms with E-state index in [2.05, 4.69) is 51.9 Å². The molecule has 10 rings (SSSR count). The van der Waals surface area contributed by atoms with Crippen molar-refractivity contribution in [2.24, 2.45) is 7.05 Å². The first-order valence-electron chi connectivity index (χ1n) is 20.3. The van der Waals surface area contributed by atoms with Gasteiger partial charge in [0.25, 0.3) is 0 Å². The maximum Gasteiger partial charge on any atom is 0.171 e. The lowest BCUT2D eigenvalue weighted by Gasteiger charge is -2.30. The average Bonchev–Trinajstić information content (AvgIpc) is 3.85. The van der Waals surface area contributed by atoms with E-state index in [4.69, 9.17) is 5.11 Å². The van der Waals surface area contributed by atoms with Gasteiger partial charge >= 0.3 is 0 Å². The van der Waals surface area contributed by atoms with Gasteiger partial charge in [-0.05, 0) is 137 Å². The highest BCUT2D eigenvalue weighted by Gasteiger charge is 2.23. The Bertz CT molecular complexity index is 2940. The van der Waals surface area contributed by atoms with E-state index in [1.165, 1.54) is 6.07 Å². The van der Waals surface area contributed by atoms with E-state index in [0.717, 1.165) is 90.8 Å². The van der Waals surface area contributed by atoms with Crippen molar-refractivity contribution in [3.05, 3.63) is 107 Å². The molecule has 0 bridgehead atoms. The first-order valence-corrected chi connectivity index (χ1v) is 20.3. The summed E-state index contributed by atoms with van der Waals surface area (Å²) in [5.41, 5.74) is 9.12. The molecular formula is C45H44F2N12O. The normalized spacial score (nSPS) is 15.5. The van der Waals surface area contributed by atoms with E-state index >= 15 is 4.39 Å². The van der Waals surface area contributed by atoms with Gasteiger partial charge in [0.05, 0.1) is 57.7 Å². The SMILES string of the molecule is Cc1cc(-c2cc3c(F)cc(C4CCNCC4)cc3nn2)cc2cn(C)nc12.Cc1cn2nc(-c3cc(F)c4cc(C5CCN(CCO)CC5)nnc4c3)cc(C#N)c2n1. The Balaban J connectivity index is 0.000000155. The monoisotopic (exact) mass is 806 g/mol. The fourth-order valence-corrected chi connectivity index (χ4v) is 8.61. The molecule has 0 unspecified atom stereocenters. The molecule has 0 saturated carbocycles. The summed E-state index contributed by atoms with van der Waals surface area (Å²) in [7, 11) is 1.91. The summed E-state index contributed by atoms with van der Waals surface area (Å²) in [5.74, 6) is -0.000123. The Morgan fingerprint density at radius 1 is 0.783 bits per heavy atom. The van der Waals surface area contributed by atoms with Crippen LogP contribution in [-0.4, -0.2) is 94.1 Å². The molecule has 2 aliphatic rings. The van der Waals surface area contributed by atoms with Crippen LogP contribution in [0.1, 0.15) is 65.6 Å².